The number of rotatable bonds is 5. The molecule has 0 aliphatic rings. The van der Waals surface area contributed by atoms with Crippen LogP contribution in [0.1, 0.15) is 18.1 Å². The lowest BCUT2D eigenvalue weighted by Gasteiger charge is -2.17. The highest BCUT2D eigenvalue weighted by atomic mass is 79.9. The van der Waals surface area contributed by atoms with Crippen LogP contribution in [0.15, 0.2) is 29.2 Å². The molecular weight excluding hydrogens is 310 g/mol. The van der Waals surface area contributed by atoms with Gasteiger partial charge in [0.05, 0.1) is 11.0 Å². The average Bonchev–Trinajstić information content (AvgIpc) is 2.27. The highest BCUT2D eigenvalue weighted by molar-refractivity contribution is 9.09. The minimum absolute atomic E-state index is 0.0832. The highest BCUT2D eigenvalue weighted by Gasteiger charge is 2.19. The summed E-state index contributed by atoms with van der Waals surface area (Å²) in [6.07, 6.45) is -1.72. The zero-order valence-electron chi connectivity index (χ0n) is 8.95. The SMILES string of the molecule is NS(=O)(=O)c1cccc(C(O)C(O)CCBr)c1. The topological polar surface area (TPSA) is 101 Å². The predicted octanol–water partition coefficient (Wildman–Crippen LogP) is 0.513. The third-order valence-corrected chi connectivity index (χ3v) is 3.67. The van der Waals surface area contributed by atoms with Crippen LogP contribution in [0.3, 0.4) is 0 Å². The molecule has 0 aliphatic heterocycles. The van der Waals surface area contributed by atoms with Crippen LogP contribution in [0.5, 0.6) is 0 Å². The first-order valence-corrected chi connectivity index (χ1v) is 7.58. The summed E-state index contributed by atoms with van der Waals surface area (Å²) in [5.41, 5.74) is 0.324. The van der Waals surface area contributed by atoms with E-state index in [0.717, 1.165) is 0 Å². The van der Waals surface area contributed by atoms with Gasteiger partial charge in [-0.3, -0.25) is 0 Å². The predicted molar refractivity (Wildman–Crippen MR) is 67.2 cm³/mol. The van der Waals surface area contributed by atoms with Crippen molar-refractivity contribution >= 4 is 26.0 Å². The van der Waals surface area contributed by atoms with Gasteiger partial charge in [0.2, 0.25) is 10.0 Å². The van der Waals surface area contributed by atoms with Gasteiger partial charge in [-0.15, -0.1) is 0 Å². The van der Waals surface area contributed by atoms with Gasteiger partial charge in [0.1, 0.15) is 6.10 Å². The average molecular weight is 324 g/mol. The van der Waals surface area contributed by atoms with Crippen LogP contribution < -0.4 is 5.14 Å². The van der Waals surface area contributed by atoms with Crippen molar-refractivity contribution in [2.24, 2.45) is 5.14 Å². The van der Waals surface area contributed by atoms with Crippen molar-refractivity contribution in [3.63, 3.8) is 0 Å². The molecule has 1 aromatic rings. The quantitative estimate of drug-likeness (QED) is 0.687. The lowest BCUT2D eigenvalue weighted by atomic mass is 10.0. The van der Waals surface area contributed by atoms with Crippen molar-refractivity contribution in [2.75, 3.05) is 5.33 Å². The van der Waals surface area contributed by atoms with E-state index in [2.05, 4.69) is 15.9 Å². The van der Waals surface area contributed by atoms with Gasteiger partial charge < -0.3 is 10.2 Å². The van der Waals surface area contributed by atoms with Crippen LogP contribution in [-0.4, -0.2) is 30.1 Å². The van der Waals surface area contributed by atoms with Gasteiger partial charge in [-0.05, 0) is 24.1 Å². The number of hydrogen-bond acceptors (Lipinski definition) is 4. The van der Waals surface area contributed by atoms with E-state index in [1.54, 1.807) is 0 Å². The summed E-state index contributed by atoms with van der Waals surface area (Å²) in [6, 6.07) is 5.61. The fraction of sp³-hybridized carbons (Fsp3) is 0.400. The second kappa shape index (κ2) is 5.92. The molecule has 4 N–H and O–H groups in total. The molecule has 0 heterocycles. The number of halogens is 1. The van der Waals surface area contributed by atoms with Crippen molar-refractivity contribution < 1.29 is 18.6 Å². The first kappa shape index (κ1) is 14.6. The number of primary sulfonamides is 1. The molecule has 0 amide bonds. The van der Waals surface area contributed by atoms with Gasteiger partial charge in [0.25, 0.3) is 0 Å². The Labute approximate surface area is 108 Å². The lowest BCUT2D eigenvalue weighted by Crippen LogP contribution is -2.19. The molecule has 0 aliphatic carbocycles. The Morgan fingerprint density at radius 2 is 2.00 bits per heavy atom. The molecule has 0 fully saturated rings. The van der Waals surface area contributed by atoms with E-state index in [9.17, 15) is 18.6 Å². The molecule has 0 spiro atoms. The van der Waals surface area contributed by atoms with Crippen molar-refractivity contribution in [3.8, 4) is 0 Å². The second-order valence-corrected chi connectivity index (χ2v) is 5.96. The minimum atomic E-state index is -3.80. The van der Waals surface area contributed by atoms with Crippen LogP contribution in [0, 0.1) is 0 Å². The highest BCUT2D eigenvalue weighted by Crippen LogP contribution is 2.21. The fourth-order valence-electron chi connectivity index (χ4n) is 1.37. The molecule has 17 heavy (non-hydrogen) atoms. The van der Waals surface area contributed by atoms with Crippen molar-refractivity contribution in [3.05, 3.63) is 29.8 Å². The van der Waals surface area contributed by atoms with E-state index in [1.807, 2.05) is 0 Å². The molecule has 0 radical (unpaired) electrons. The normalized spacial score (nSPS) is 15.5. The first-order chi connectivity index (χ1) is 7.86. The Balaban J connectivity index is 3.00. The zero-order chi connectivity index (χ0) is 13.1. The zero-order valence-corrected chi connectivity index (χ0v) is 11.4. The number of hydrogen-bond donors (Lipinski definition) is 3. The van der Waals surface area contributed by atoms with E-state index in [4.69, 9.17) is 5.14 Å². The van der Waals surface area contributed by atoms with Crippen LogP contribution in [-0.2, 0) is 10.0 Å². The maximum absolute atomic E-state index is 11.1. The van der Waals surface area contributed by atoms with Gasteiger partial charge >= 0.3 is 0 Å². The number of sulfonamides is 1. The lowest BCUT2D eigenvalue weighted by molar-refractivity contribution is 0.0172. The van der Waals surface area contributed by atoms with Crippen LogP contribution >= 0.6 is 15.9 Å². The molecule has 0 saturated heterocycles. The van der Waals surface area contributed by atoms with Gasteiger partial charge in [-0.25, -0.2) is 13.6 Å². The Bertz CT molecular complexity index is 477. The number of aliphatic hydroxyl groups is 2. The standard InChI is InChI=1S/C10H14BrNO4S/c11-5-4-9(13)10(14)7-2-1-3-8(6-7)17(12,15)16/h1-3,6,9-10,13-14H,4-5H2,(H2,12,15,16). The van der Waals surface area contributed by atoms with Crippen LogP contribution in [0.4, 0.5) is 0 Å². The van der Waals surface area contributed by atoms with E-state index in [0.29, 0.717) is 17.3 Å². The molecule has 96 valence electrons. The summed E-state index contributed by atoms with van der Waals surface area (Å²) in [6.45, 7) is 0. The molecule has 5 nitrogen and oxygen atoms in total. The Morgan fingerprint density at radius 3 is 2.53 bits per heavy atom. The van der Waals surface area contributed by atoms with Crippen LogP contribution in [0.2, 0.25) is 0 Å². The monoisotopic (exact) mass is 323 g/mol. The molecule has 0 bridgehead atoms. The Kier molecular flexibility index (Phi) is 5.08. The Hall–Kier alpha value is -0.470. The Morgan fingerprint density at radius 1 is 1.35 bits per heavy atom. The summed E-state index contributed by atoms with van der Waals surface area (Å²) in [5.74, 6) is 0. The molecule has 1 aromatic carbocycles. The number of aliphatic hydroxyl groups excluding tert-OH is 2. The number of nitrogens with two attached hydrogens (primary N) is 1. The molecule has 0 aromatic heterocycles. The minimum Gasteiger partial charge on any atom is -0.390 e. The fourth-order valence-corrected chi connectivity index (χ4v) is 2.40. The molecule has 1 rings (SSSR count). The maximum Gasteiger partial charge on any atom is 0.238 e. The summed E-state index contributed by atoms with van der Waals surface area (Å²) in [7, 11) is -3.80. The number of alkyl halides is 1. The molecule has 0 saturated carbocycles. The van der Waals surface area contributed by atoms with Gasteiger partial charge in [0, 0.05) is 5.33 Å². The third kappa shape index (κ3) is 4.04. The number of benzene rings is 1. The second-order valence-electron chi connectivity index (χ2n) is 3.61. The van der Waals surface area contributed by atoms with Gasteiger partial charge in [-0.2, -0.15) is 0 Å². The first-order valence-electron chi connectivity index (χ1n) is 4.91. The smallest absolute Gasteiger partial charge is 0.238 e. The van der Waals surface area contributed by atoms with Crippen molar-refractivity contribution in [1.82, 2.24) is 0 Å². The molecule has 2 atom stereocenters. The van der Waals surface area contributed by atoms with Crippen LogP contribution in [0.25, 0.3) is 0 Å². The van der Waals surface area contributed by atoms with E-state index >= 15 is 0 Å². The third-order valence-electron chi connectivity index (χ3n) is 2.30. The van der Waals surface area contributed by atoms with E-state index in [-0.39, 0.29) is 4.90 Å². The van der Waals surface area contributed by atoms with E-state index < -0.39 is 22.2 Å². The van der Waals surface area contributed by atoms with Crippen molar-refractivity contribution in [2.45, 2.75) is 23.5 Å². The molecule has 7 heteroatoms. The summed E-state index contributed by atoms with van der Waals surface area (Å²) in [5, 5.41) is 24.9. The summed E-state index contributed by atoms with van der Waals surface area (Å²) < 4.78 is 22.3. The van der Waals surface area contributed by atoms with E-state index in [1.165, 1.54) is 24.3 Å². The maximum atomic E-state index is 11.1. The molecule has 2 unspecified atom stereocenters. The van der Waals surface area contributed by atoms with Gasteiger partial charge in [-0.1, -0.05) is 28.1 Å². The molecular formula is C10H14BrNO4S. The van der Waals surface area contributed by atoms with Crippen molar-refractivity contribution in [1.29, 1.82) is 0 Å². The van der Waals surface area contributed by atoms with Gasteiger partial charge in [0.15, 0.2) is 0 Å². The summed E-state index contributed by atoms with van der Waals surface area (Å²) in [4.78, 5) is -0.0832. The largest absolute Gasteiger partial charge is 0.390 e. The summed E-state index contributed by atoms with van der Waals surface area (Å²) >= 11 is 3.15.